The van der Waals surface area contributed by atoms with E-state index in [1.54, 1.807) is 17.6 Å². The number of hydrogen-bond donors (Lipinski definition) is 1. The highest BCUT2D eigenvalue weighted by molar-refractivity contribution is 7.11. The Bertz CT molecular complexity index is 1310. The standard InChI is InChI=1S/C28H21N3OS/c32-28(30-29-20-25-12-7-19-33-25)23-13-15-24(16-14-23)31-26(21-8-3-1-4-9-21)17-18-27(31)22-10-5-2-6-11-22/h1-20H,(H,30,32)/b29-20-. The van der Waals surface area contributed by atoms with Gasteiger partial charge in [-0.25, -0.2) is 5.43 Å². The molecule has 160 valence electrons. The summed E-state index contributed by atoms with van der Waals surface area (Å²) in [4.78, 5) is 13.5. The Morgan fingerprint density at radius 1 is 0.727 bits per heavy atom. The first kappa shape index (κ1) is 20.7. The van der Waals surface area contributed by atoms with Crippen LogP contribution < -0.4 is 5.43 Å². The van der Waals surface area contributed by atoms with Crippen LogP contribution in [0.25, 0.3) is 28.2 Å². The number of carbonyl (C=O) groups excluding carboxylic acids is 1. The SMILES string of the molecule is O=C(N/N=C\c1cccs1)c1ccc(-n2c(-c3ccccc3)ccc2-c2ccccc2)cc1. The van der Waals surface area contributed by atoms with E-state index in [9.17, 15) is 4.79 Å². The second kappa shape index (κ2) is 9.51. The smallest absolute Gasteiger partial charge is 0.271 e. The molecule has 5 aromatic rings. The summed E-state index contributed by atoms with van der Waals surface area (Å²) in [5.74, 6) is -0.242. The summed E-state index contributed by atoms with van der Waals surface area (Å²) in [6, 6.07) is 36.4. The van der Waals surface area contributed by atoms with Crippen LogP contribution >= 0.6 is 11.3 Å². The van der Waals surface area contributed by atoms with Crippen molar-refractivity contribution >= 4 is 23.5 Å². The van der Waals surface area contributed by atoms with Crippen molar-refractivity contribution in [2.45, 2.75) is 0 Å². The van der Waals surface area contributed by atoms with Crippen molar-refractivity contribution in [3.05, 3.63) is 125 Å². The fraction of sp³-hybridized carbons (Fsp3) is 0. The third-order valence-corrected chi connectivity index (χ3v) is 6.12. The number of nitrogens with one attached hydrogen (secondary N) is 1. The number of rotatable bonds is 6. The monoisotopic (exact) mass is 447 g/mol. The lowest BCUT2D eigenvalue weighted by Crippen LogP contribution is -2.17. The Morgan fingerprint density at radius 2 is 1.33 bits per heavy atom. The molecule has 0 unspecified atom stereocenters. The number of hydrogen-bond acceptors (Lipinski definition) is 3. The van der Waals surface area contributed by atoms with E-state index in [1.165, 1.54) is 0 Å². The molecule has 0 aliphatic heterocycles. The van der Waals surface area contributed by atoms with Gasteiger partial charge in [-0.05, 0) is 59.0 Å². The number of benzene rings is 3. The van der Waals surface area contributed by atoms with Gasteiger partial charge in [0.05, 0.1) is 17.6 Å². The topological polar surface area (TPSA) is 46.4 Å². The summed E-state index contributed by atoms with van der Waals surface area (Å²) in [5, 5.41) is 6.02. The van der Waals surface area contributed by atoms with E-state index in [2.05, 4.69) is 51.5 Å². The van der Waals surface area contributed by atoms with E-state index in [0.717, 1.165) is 33.1 Å². The molecule has 1 amide bonds. The minimum Gasteiger partial charge on any atom is -0.309 e. The van der Waals surface area contributed by atoms with Gasteiger partial charge in [-0.2, -0.15) is 5.10 Å². The first-order chi connectivity index (χ1) is 16.3. The molecule has 0 aliphatic carbocycles. The Hall–Kier alpha value is -4.22. The van der Waals surface area contributed by atoms with Crippen LogP contribution in [0, 0.1) is 0 Å². The number of thiophene rings is 1. The second-order valence-electron chi connectivity index (χ2n) is 7.43. The summed E-state index contributed by atoms with van der Waals surface area (Å²) < 4.78 is 2.22. The van der Waals surface area contributed by atoms with Crippen LogP contribution in [0.1, 0.15) is 15.2 Å². The normalized spacial score (nSPS) is 11.0. The third kappa shape index (κ3) is 4.54. The lowest BCUT2D eigenvalue weighted by molar-refractivity contribution is 0.0955. The zero-order valence-electron chi connectivity index (χ0n) is 17.8. The van der Waals surface area contributed by atoms with E-state index in [1.807, 2.05) is 78.2 Å². The quantitative estimate of drug-likeness (QED) is 0.230. The number of aromatic nitrogens is 1. The Morgan fingerprint density at radius 3 is 1.88 bits per heavy atom. The van der Waals surface area contributed by atoms with E-state index < -0.39 is 0 Å². The summed E-state index contributed by atoms with van der Waals surface area (Å²) in [5.41, 5.74) is 8.57. The zero-order chi connectivity index (χ0) is 22.5. The number of nitrogens with zero attached hydrogens (tertiary/aromatic N) is 2. The largest absolute Gasteiger partial charge is 0.309 e. The number of amides is 1. The highest BCUT2D eigenvalue weighted by atomic mass is 32.1. The zero-order valence-corrected chi connectivity index (χ0v) is 18.6. The van der Waals surface area contributed by atoms with Crippen molar-refractivity contribution in [2.75, 3.05) is 0 Å². The average molecular weight is 448 g/mol. The highest BCUT2D eigenvalue weighted by Gasteiger charge is 2.14. The van der Waals surface area contributed by atoms with Gasteiger partial charge in [-0.1, -0.05) is 66.7 Å². The minimum atomic E-state index is -0.242. The number of hydrazone groups is 1. The molecule has 0 atom stereocenters. The molecule has 0 saturated carbocycles. The maximum absolute atomic E-state index is 12.5. The summed E-state index contributed by atoms with van der Waals surface area (Å²) in [7, 11) is 0. The van der Waals surface area contributed by atoms with Crippen molar-refractivity contribution in [1.82, 2.24) is 9.99 Å². The van der Waals surface area contributed by atoms with Crippen molar-refractivity contribution in [3.63, 3.8) is 0 Å². The van der Waals surface area contributed by atoms with Crippen LogP contribution in [0.2, 0.25) is 0 Å². The predicted molar refractivity (Wildman–Crippen MR) is 136 cm³/mol. The highest BCUT2D eigenvalue weighted by Crippen LogP contribution is 2.32. The van der Waals surface area contributed by atoms with E-state index in [0.29, 0.717) is 5.56 Å². The van der Waals surface area contributed by atoms with Gasteiger partial charge in [0.2, 0.25) is 0 Å². The predicted octanol–water partition coefficient (Wildman–Crippen LogP) is 6.64. The molecule has 0 fully saturated rings. The molecule has 0 spiro atoms. The van der Waals surface area contributed by atoms with Gasteiger partial charge in [-0.15, -0.1) is 11.3 Å². The van der Waals surface area contributed by atoms with Crippen molar-refractivity contribution in [1.29, 1.82) is 0 Å². The van der Waals surface area contributed by atoms with Gasteiger partial charge in [0.15, 0.2) is 0 Å². The van der Waals surface area contributed by atoms with Crippen LogP contribution in [0.5, 0.6) is 0 Å². The minimum absolute atomic E-state index is 0.242. The van der Waals surface area contributed by atoms with Crippen LogP contribution in [-0.4, -0.2) is 16.7 Å². The van der Waals surface area contributed by atoms with E-state index in [4.69, 9.17) is 0 Å². The lowest BCUT2D eigenvalue weighted by Gasteiger charge is -2.15. The van der Waals surface area contributed by atoms with Crippen LogP contribution in [0.4, 0.5) is 0 Å². The molecule has 5 heteroatoms. The van der Waals surface area contributed by atoms with Crippen LogP contribution in [0.3, 0.4) is 0 Å². The number of carbonyl (C=O) groups is 1. The van der Waals surface area contributed by atoms with Gasteiger partial charge in [-0.3, -0.25) is 4.79 Å². The molecule has 1 N–H and O–H groups in total. The van der Waals surface area contributed by atoms with E-state index >= 15 is 0 Å². The molecule has 0 saturated heterocycles. The summed E-state index contributed by atoms with van der Waals surface area (Å²) in [6.07, 6.45) is 1.65. The Balaban J connectivity index is 1.47. The first-order valence-corrected chi connectivity index (χ1v) is 11.5. The van der Waals surface area contributed by atoms with Crippen LogP contribution in [-0.2, 0) is 0 Å². The molecular formula is C28H21N3OS. The van der Waals surface area contributed by atoms with Crippen molar-refractivity contribution < 1.29 is 4.79 Å². The Kier molecular flexibility index (Phi) is 5.95. The van der Waals surface area contributed by atoms with Gasteiger partial charge in [0.25, 0.3) is 5.91 Å². The van der Waals surface area contributed by atoms with Crippen LogP contribution in [0.15, 0.2) is 120 Å². The fourth-order valence-electron chi connectivity index (χ4n) is 3.73. The lowest BCUT2D eigenvalue weighted by atomic mass is 10.1. The molecule has 2 heterocycles. The molecule has 0 aliphatic rings. The summed E-state index contributed by atoms with van der Waals surface area (Å²) in [6.45, 7) is 0. The molecule has 4 nitrogen and oxygen atoms in total. The fourth-order valence-corrected chi connectivity index (χ4v) is 4.31. The molecule has 2 aromatic heterocycles. The Labute approximate surface area is 196 Å². The summed E-state index contributed by atoms with van der Waals surface area (Å²) >= 11 is 1.57. The molecular weight excluding hydrogens is 426 g/mol. The second-order valence-corrected chi connectivity index (χ2v) is 8.41. The molecule has 5 rings (SSSR count). The van der Waals surface area contributed by atoms with Gasteiger partial charge in [0, 0.05) is 16.1 Å². The molecule has 0 bridgehead atoms. The van der Waals surface area contributed by atoms with Crippen molar-refractivity contribution in [2.24, 2.45) is 5.10 Å². The first-order valence-electron chi connectivity index (χ1n) is 10.6. The molecule has 33 heavy (non-hydrogen) atoms. The molecule has 0 radical (unpaired) electrons. The van der Waals surface area contributed by atoms with Gasteiger partial charge in [0.1, 0.15) is 0 Å². The maximum atomic E-state index is 12.5. The maximum Gasteiger partial charge on any atom is 0.271 e. The van der Waals surface area contributed by atoms with Gasteiger partial charge < -0.3 is 4.57 Å². The average Bonchev–Trinajstić information content (AvgIpc) is 3.55. The van der Waals surface area contributed by atoms with E-state index in [-0.39, 0.29) is 5.91 Å². The third-order valence-electron chi connectivity index (χ3n) is 5.31. The van der Waals surface area contributed by atoms with Gasteiger partial charge >= 0.3 is 0 Å². The molecule has 3 aromatic carbocycles. The van der Waals surface area contributed by atoms with Crippen molar-refractivity contribution in [3.8, 4) is 28.2 Å².